The van der Waals surface area contributed by atoms with Crippen molar-refractivity contribution in [2.45, 2.75) is 43.9 Å². The van der Waals surface area contributed by atoms with Crippen LogP contribution in [-0.2, 0) is 25.7 Å². The molecule has 0 aliphatic heterocycles. The molecule has 0 fully saturated rings. The van der Waals surface area contributed by atoms with Gasteiger partial charge in [0.25, 0.3) is 0 Å². The van der Waals surface area contributed by atoms with E-state index >= 15 is 0 Å². The standard InChI is InChI=1S/C20H21Cl/c21-20-18(11-10-16-4-1-2-7-19(16)20)13-14-8-9-15-5-3-6-17(15)12-14/h1-2,4,7-9,12,18,20H,3,5-6,10-11,13H2. The molecule has 0 nitrogen and oxygen atoms in total. The number of halogens is 1. The Balaban J connectivity index is 1.56. The minimum absolute atomic E-state index is 0.170. The van der Waals surface area contributed by atoms with E-state index in [0.29, 0.717) is 5.92 Å². The Hall–Kier alpha value is -1.27. The molecule has 0 N–H and O–H groups in total. The monoisotopic (exact) mass is 296 g/mol. The summed E-state index contributed by atoms with van der Waals surface area (Å²) < 4.78 is 0. The van der Waals surface area contributed by atoms with Crippen LogP contribution in [0.3, 0.4) is 0 Å². The molecule has 2 aliphatic carbocycles. The molecule has 2 unspecified atom stereocenters. The second kappa shape index (κ2) is 5.50. The van der Waals surface area contributed by atoms with Crippen molar-refractivity contribution in [1.82, 2.24) is 0 Å². The highest BCUT2D eigenvalue weighted by Crippen LogP contribution is 2.40. The first kappa shape index (κ1) is 13.4. The van der Waals surface area contributed by atoms with Crippen LogP contribution >= 0.6 is 11.6 Å². The fourth-order valence-electron chi connectivity index (χ4n) is 4.03. The maximum absolute atomic E-state index is 6.78. The molecule has 0 saturated heterocycles. The summed E-state index contributed by atoms with van der Waals surface area (Å²) in [6.45, 7) is 0. The molecule has 21 heavy (non-hydrogen) atoms. The van der Waals surface area contributed by atoms with Gasteiger partial charge in [0.1, 0.15) is 0 Å². The number of benzene rings is 2. The van der Waals surface area contributed by atoms with E-state index in [2.05, 4.69) is 42.5 Å². The van der Waals surface area contributed by atoms with Gasteiger partial charge in [-0.15, -0.1) is 11.6 Å². The third kappa shape index (κ3) is 2.51. The SMILES string of the molecule is ClC1c2ccccc2CCC1Cc1ccc2c(c1)CCC2. The van der Waals surface area contributed by atoms with E-state index in [1.807, 2.05) is 0 Å². The van der Waals surface area contributed by atoms with E-state index in [1.54, 1.807) is 11.1 Å². The molecule has 0 aromatic heterocycles. The van der Waals surface area contributed by atoms with Gasteiger partial charge >= 0.3 is 0 Å². The lowest BCUT2D eigenvalue weighted by Gasteiger charge is -2.29. The summed E-state index contributed by atoms with van der Waals surface area (Å²) in [4.78, 5) is 0. The van der Waals surface area contributed by atoms with Crippen molar-refractivity contribution in [3.05, 3.63) is 70.3 Å². The number of hydrogen-bond donors (Lipinski definition) is 0. The minimum Gasteiger partial charge on any atom is -0.117 e. The number of alkyl halides is 1. The van der Waals surface area contributed by atoms with Crippen molar-refractivity contribution in [3.8, 4) is 0 Å². The second-order valence-electron chi connectivity index (χ2n) is 6.56. The summed E-state index contributed by atoms with van der Waals surface area (Å²) in [5.41, 5.74) is 7.43. The Bertz CT molecular complexity index is 659. The van der Waals surface area contributed by atoms with Crippen LogP contribution in [0.1, 0.15) is 46.0 Å². The van der Waals surface area contributed by atoms with Crippen molar-refractivity contribution >= 4 is 11.6 Å². The second-order valence-corrected chi connectivity index (χ2v) is 7.03. The lowest BCUT2D eigenvalue weighted by molar-refractivity contribution is 0.442. The van der Waals surface area contributed by atoms with Crippen LogP contribution in [0.15, 0.2) is 42.5 Å². The van der Waals surface area contributed by atoms with Crippen molar-refractivity contribution in [1.29, 1.82) is 0 Å². The largest absolute Gasteiger partial charge is 0.117 e. The number of aryl methyl sites for hydroxylation is 3. The fourth-order valence-corrected chi connectivity index (χ4v) is 4.46. The molecule has 1 heteroatoms. The van der Waals surface area contributed by atoms with Gasteiger partial charge in [-0.2, -0.15) is 0 Å². The molecule has 2 aromatic carbocycles. The molecule has 0 amide bonds. The summed E-state index contributed by atoms with van der Waals surface area (Å²) in [5, 5.41) is 0.170. The normalized spacial score (nSPS) is 23.7. The van der Waals surface area contributed by atoms with E-state index < -0.39 is 0 Å². The van der Waals surface area contributed by atoms with E-state index in [9.17, 15) is 0 Å². The molecule has 2 aromatic rings. The fraction of sp³-hybridized carbons (Fsp3) is 0.400. The maximum Gasteiger partial charge on any atom is 0.0619 e. The van der Waals surface area contributed by atoms with E-state index in [1.165, 1.54) is 48.8 Å². The highest BCUT2D eigenvalue weighted by molar-refractivity contribution is 6.21. The number of hydrogen-bond acceptors (Lipinski definition) is 0. The average molecular weight is 297 g/mol. The van der Waals surface area contributed by atoms with Crippen molar-refractivity contribution in [2.75, 3.05) is 0 Å². The first-order valence-corrected chi connectivity index (χ1v) is 8.57. The predicted octanol–water partition coefficient (Wildman–Crippen LogP) is 5.26. The van der Waals surface area contributed by atoms with Gasteiger partial charge < -0.3 is 0 Å². The minimum atomic E-state index is 0.170. The summed E-state index contributed by atoms with van der Waals surface area (Å²) in [6.07, 6.45) is 7.37. The summed E-state index contributed by atoms with van der Waals surface area (Å²) >= 11 is 6.78. The van der Waals surface area contributed by atoms with E-state index in [-0.39, 0.29) is 5.38 Å². The lowest BCUT2D eigenvalue weighted by atomic mass is 9.80. The van der Waals surface area contributed by atoms with Crippen molar-refractivity contribution in [2.24, 2.45) is 5.92 Å². The first-order chi connectivity index (χ1) is 10.3. The first-order valence-electron chi connectivity index (χ1n) is 8.14. The zero-order valence-corrected chi connectivity index (χ0v) is 13.1. The van der Waals surface area contributed by atoms with Gasteiger partial charge in [-0.1, -0.05) is 42.5 Å². The lowest BCUT2D eigenvalue weighted by Crippen LogP contribution is -2.19. The Morgan fingerprint density at radius 3 is 2.71 bits per heavy atom. The molecule has 2 aliphatic rings. The van der Waals surface area contributed by atoms with Crippen LogP contribution < -0.4 is 0 Å². The van der Waals surface area contributed by atoms with Crippen LogP contribution in [0, 0.1) is 5.92 Å². The zero-order chi connectivity index (χ0) is 14.2. The van der Waals surface area contributed by atoms with Gasteiger partial charge in [-0.3, -0.25) is 0 Å². The van der Waals surface area contributed by atoms with Crippen LogP contribution in [0.25, 0.3) is 0 Å². The van der Waals surface area contributed by atoms with Gasteiger partial charge in [0, 0.05) is 0 Å². The van der Waals surface area contributed by atoms with Gasteiger partial charge in [-0.05, 0) is 72.3 Å². The van der Waals surface area contributed by atoms with Crippen molar-refractivity contribution in [3.63, 3.8) is 0 Å². The Morgan fingerprint density at radius 1 is 0.905 bits per heavy atom. The van der Waals surface area contributed by atoms with Crippen LogP contribution in [0.2, 0.25) is 0 Å². The average Bonchev–Trinajstić information content (AvgIpc) is 2.98. The maximum atomic E-state index is 6.78. The summed E-state index contributed by atoms with van der Waals surface area (Å²) in [7, 11) is 0. The van der Waals surface area contributed by atoms with E-state index in [4.69, 9.17) is 11.6 Å². The smallest absolute Gasteiger partial charge is 0.0619 e. The third-order valence-electron chi connectivity index (χ3n) is 5.21. The molecule has 108 valence electrons. The molecule has 4 rings (SSSR count). The number of fused-ring (bicyclic) bond motifs is 2. The highest BCUT2D eigenvalue weighted by atomic mass is 35.5. The molecular weight excluding hydrogens is 276 g/mol. The Labute approximate surface area is 132 Å². The number of rotatable bonds is 2. The van der Waals surface area contributed by atoms with Gasteiger partial charge in [-0.25, -0.2) is 0 Å². The molecule has 0 spiro atoms. The van der Waals surface area contributed by atoms with Gasteiger partial charge in [0.05, 0.1) is 5.38 Å². The summed E-state index contributed by atoms with van der Waals surface area (Å²) in [6, 6.07) is 15.8. The zero-order valence-electron chi connectivity index (χ0n) is 12.3. The Kier molecular flexibility index (Phi) is 3.51. The topological polar surface area (TPSA) is 0 Å². The molecule has 0 saturated carbocycles. The molecule has 0 bridgehead atoms. The quantitative estimate of drug-likeness (QED) is 0.663. The molecule has 0 heterocycles. The molecule has 0 radical (unpaired) electrons. The van der Waals surface area contributed by atoms with Gasteiger partial charge in [0.2, 0.25) is 0 Å². The van der Waals surface area contributed by atoms with Crippen LogP contribution in [0.5, 0.6) is 0 Å². The van der Waals surface area contributed by atoms with Crippen LogP contribution in [-0.4, -0.2) is 0 Å². The molecular formula is C20H21Cl. The van der Waals surface area contributed by atoms with Crippen molar-refractivity contribution < 1.29 is 0 Å². The summed E-state index contributed by atoms with van der Waals surface area (Å²) in [5.74, 6) is 0.570. The van der Waals surface area contributed by atoms with E-state index in [0.717, 1.165) is 6.42 Å². The Morgan fingerprint density at radius 2 is 1.76 bits per heavy atom. The highest BCUT2D eigenvalue weighted by Gasteiger charge is 2.27. The van der Waals surface area contributed by atoms with Gasteiger partial charge in [0.15, 0.2) is 0 Å². The predicted molar refractivity (Wildman–Crippen MR) is 89.0 cm³/mol. The third-order valence-corrected chi connectivity index (χ3v) is 5.80. The molecule has 2 atom stereocenters. The van der Waals surface area contributed by atoms with Crippen LogP contribution in [0.4, 0.5) is 0 Å².